The summed E-state index contributed by atoms with van der Waals surface area (Å²) in [5.74, 6) is 0.876. The lowest BCUT2D eigenvalue weighted by molar-refractivity contribution is -0.141. The number of nitrogens with zero attached hydrogens (tertiary/aromatic N) is 2. The Bertz CT molecular complexity index is 569. The molecule has 1 aliphatic heterocycles. The molecule has 0 unspecified atom stereocenters. The van der Waals surface area contributed by atoms with Gasteiger partial charge in [0, 0.05) is 13.5 Å². The van der Waals surface area contributed by atoms with Gasteiger partial charge in [-0.25, -0.2) is 4.98 Å². The Kier molecular flexibility index (Phi) is 4.29. The minimum atomic E-state index is -0.742. The fourth-order valence-corrected chi connectivity index (χ4v) is 4.05. The van der Waals surface area contributed by atoms with Crippen LogP contribution >= 0.6 is 0 Å². The Balaban J connectivity index is 1.64. The molecule has 1 aromatic rings. The van der Waals surface area contributed by atoms with Crippen molar-refractivity contribution in [2.24, 2.45) is 17.8 Å². The van der Waals surface area contributed by atoms with Gasteiger partial charge in [0.2, 0.25) is 0 Å². The zero-order valence-corrected chi connectivity index (χ0v) is 12.9. The van der Waals surface area contributed by atoms with Crippen LogP contribution in [-0.4, -0.2) is 39.0 Å². The number of hydrogen-bond donors (Lipinski definition) is 2. The van der Waals surface area contributed by atoms with Crippen LogP contribution in [0.25, 0.3) is 0 Å². The van der Waals surface area contributed by atoms with Crippen LogP contribution in [0, 0.1) is 17.8 Å². The predicted octanol–water partition coefficient (Wildman–Crippen LogP) is 1.56. The molecule has 0 aromatic carbocycles. The number of rotatable bonds is 4. The molecular weight excluding hydrogens is 282 g/mol. The number of carboxylic acids is 1. The molecule has 1 aliphatic carbocycles. The molecule has 0 spiro atoms. The maximum absolute atomic E-state index is 11.6. The quantitative estimate of drug-likeness (QED) is 0.825. The molecule has 4 atom stereocenters. The predicted molar refractivity (Wildman–Crippen MR) is 80.6 cm³/mol. The number of imidazole rings is 1. The smallest absolute Gasteiger partial charge is 0.320 e. The van der Waals surface area contributed by atoms with Crippen molar-refractivity contribution < 1.29 is 14.7 Å². The lowest BCUT2D eigenvalue weighted by atomic mass is 9.69. The molecule has 0 radical (unpaired) electrons. The van der Waals surface area contributed by atoms with Gasteiger partial charge in [0.1, 0.15) is 11.7 Å². The second kappa shape index (κ2) is 6.20. The molecule has 120 valence electrons. The maximum Gasteiger partial charge on any atom is 0.320 e. The zero-order chi connectivity index (χ0) is 15.7. The minimum Gasteiger partial charge on any atom is -0.480 e. The van der Waals surface area contributed by atoms with Crippen molar-refractivity contribution in [3.63, 3.8) is 0 Å². The van der Waals surface area contributed by atoms with Gasteiger partial charge in [0.05, 0.1) is 12.5 Å². The number of ketones is 1. The van der Waals surface area contributed by atoms with E-state index >= 15 is 0 Å². The summed E-state index contributed by atoms with van der Waals surface area (Å²) < 4.78 is 1.95. The molecular formula is C16H23N3O3. The topological polar surface area (TPSA) is 84.2 Å². The maximum atomic E-state index is 11.6. The number of fused-ring (bicyclic) bond motifs is 1. The average Bonchev–Trinajstić information content (AvgIpc) is 2.94. The number of aliphatic carboxylic acids is 1. The molecule has 2 N–H and O–H groups in total. The molecule has 6 nitrogen and oxygen atoms in total. The summed E-state index contributed by atoms with van der Waals surface area (Å²) in [5.41, 5.74) is 0.663. The highest BCUT2D eigenvalue weighted by atomic mass is 16.4. The number of aromatic nitrogens is 2. The fraction of sp³-hybridized carbons (Fsp3) is 0.688. The van der Waals surface area contributed by atoms with E-state index < -0.39 is 12.0 Å². The molecule has 6 heteroatoms. The summed E-state index contributed by atoms with van der Waals surface area (Å²) in [6.07, 6.45) is 7.39. The Morgan fingerprint density at radius 3 is 2.91 bits per heavy atom. The summed E-state index contributed by atoms with van der Waals surface area (Å²) >= 11 is 0. The van der Waals surface area contributed by atoms with E-state index in [0.717, 1.165) is 38.8 Å². The minimum absolute atomic E-state index is 0.0407. The number of Topliss-reactive ketones (excluding diaryl/α,β-unsaturated/α-hetero) is 1. The Labute approximate surface area is 129 Å². The molecule has 22 heavy (non-hydrogen) atoms. The van der Waals surface area contributed by atoms with Gasteiger partial charge in [0.25, 0.3) is 0 Å². The molecule has 2 aliphatic rings. The third-order valence-electron chi connectivity index (χ3n) is 5.24. The number of hydrogen-bond acceptors (Lipinski definition) is 4. The lowest BCUT2D eigenvalue weighted by Gasteiger charge is -2.41. The van der Waals surface area contributed by atoms with Crippen molar-refractivity contribution in [2.45, 2.75) is 45.2 Å². The third kappa shape index (κ3) is 3.06. The van der Waals surface area contributed by atoms with E-state index in [9.17, 15) is 14.7 Å². The molecule has 1 saturated heterocycles. The van der Waals surface area contributed by atoms with Gasteiger partial charge in [-0.05, 0) is 50.0 Å². The van der Waals surface area contributed by atoms with E-state index in [0.29, 0.717) is 23.4 Å². The Morgan fingerprint density at radius 1 is 1.36 bits per heavy atom. The second-order valence-electron chi connectivity index (χ2n) is 6.72. The van der Waals surface area contributed by atoms with Gasteiger partial charge in [-0.15, -0.1) is 0 Å². The first-order chi connectivity index (χ1) is 10.5. The van der Waals surface area contributed by atoms with Gasteiger partial charge >= 0.3 is 5.97 Å². The third-order valence-corrected chi connectivity index (χ3v) is 5.24. The number of carbonyl (C=O) groups is 2. The Morgan fingerprint density at radius 2 is 2.18 bits per heavy atom. The number of carbonyl (C=O) groups excluding carboxylic acids is 1. The lowest BCUT2D eigenvalue weighted by Crippen LogP contribution is -2.49. The van der Waals surface area contributed by atoms with E-state index in [2.05, 4.69) is 10.3 Å². The van der Waals surface area contributed by atoms with Crippen molar-refractivity contribution in [1.82, 2.24) is 14.9 Å². The van der Waals surface area contributed by atoms with E-state index in [1.807, 2.05) is 4.57 Å². The molecule has 2 heterocycles. The van der Waals surface area contributed by atoms with Gasteiger partial charge in [-0.2, -0.15) is 0 Å². The Hall–Kier alpha value is -1.69. The van der Waals surface area contributed by atoms with Crippen molar-refractivity contribution in [3.05, 3.63) is 18.2 Å². The highest BCUT2D eigenvalue weighted by Crippen LogP contribution is 2.39. The van der Waals surface area contributed by atoms with Crippen LogP contribution < -0.4 is 5.32 Å². The van der Waals surface area contributed by atoms with Gasteiger partial charge < -0.3 is 15.0 Å². The molecule has 1 saturated carbocycles. The van der Waals surface area contributed by atoms with Crippen LogP contribution in [0.5, 0.6) is 0 Å². The molecule has 1 aromatic heterocycles. The van der Waals surface area contributed by atoms with Gasteiger partial charge in [0.15, 0.2) is 5.78 Å². The fourth-order valence-electron chi connectivity index (χ4n) is 4.05. The SMILES string of the molecule is CC(=O)c1cncn1C[C@H]1CC[C@H]2CN[C@H](C(=O)O)C[C@H]2C1. The first kappa shape index (κ1) is 15.2. The molecule has 0 amide bonds. The number of carboxylic acid groups (broad SMARTS) is 1. The van der Waals surface area contributed by atoms with Crippen molar-refractivity contribution in [3.8, 4) is 0 Å². The van der Waals surface area contributed by atoms with Gasteiger partial charge in [-0.1, -0.05) is 0 Å². The van der Waals surface area contributed by atoms with Crippen LogP contribution in [-0.2, 0) is 11.3 Å². The summed E-state index contributed by atoms with van der Waals surface area (Å²) in [6.45, 7) is 3.19. The van der Waals surface area contributed by atoms with E-state index in [1.54, 1.807) is 19.4 Å². The molecule has 3 rings (SSSR count). The van der Waals surface area contributed by atoms with Crippen LogP contribution in [0.1, 0.15) is 43.1 Å². The van der Waals surface area contributed by atoms with Crippen LogP contribution in [0.4, 0.5) is 0 Å². The van der Waals surface area contributed by atoms with Crippen molar-refractivity contribution in [1.29, 1.82) is 0 Å². The average molecular weight is 305 g/mol. The highest BCUT2D eigenvalue weighted by Gasteiger charge is 2.37. The second-order valence-corrected chi connectivity index (χ2v) is 6.72. The van der Waals surface area contributed by atoms with Crippen molar-refractivity contribution in [2.75, 3.05) is 6.54 Å². The summed E-state index contributed by atoms with van der Waals surface area (Å²) in [7, 11) is 0. The highest BCUT2D eigenvalue weighted by molar-refractivity contribution is 5.92. The largest absolute Gasteiger partial charge is 0.480 e. The van der Waals surface area contributed by atoms with Crippen LogP contribution in [0.3, 0.4) is 0 Å². The standard InChI is InChI=1S/C16H23N3O3/c1-10(20)15-7-17-9-19(15)8-11-2-3-12-6-18-14(16(21)22)5-13(12)4-11/h7,9,11-14,18H,2-6,8H2,1H3,(H,21,22)/t11-,12-,13+,14-/m0/s1. The van der Waals surface area contributed by atoms with Gasteiger partial charge in [-0.3, -0.25) is 9.59 Å². The summed E-state index contributed by atoms with van der Waals surface area (Å²) in [5, 5.41) is 12.3. The van der Waals surface area contributed by atoms with E-state index in [1.165, 1.54) is 0 Å². The van der Waals surface area contributed by atoms with E-state index in [-0.39, 0.29) is 5.78 Å². The summed E-state index contributed by atoms with van der Waals surface area (Å²) in [6, 6.07) is -0.402. The monoisotopic (exact) mass is 305 g/mol. The normalized spacial score (nSPS) is 31.5. The number of piperidine rings is 1. The first-order valence-electron chi connectivity index (χ1n) is 8.02. The van der Waals surface area contributed by atoms with Crippen LogP contribution in [0.2, 0.25) is 0 Å². The molecule has 0 bridgehead atoms. The number of nitrogens with one attached hydrogen (secondary N) is 1. The zero-order valence-electron chi connectivity index (χ0n) is 12.9. The van der Waals surface area contributed by atoms with E-state index in [4.69, 9.17) is 0 Å². The first-order valence-corrected chi connectivity index (χ1v) is 8.02. The van der Waals surface area contributed by atoms with Crippen LogP contribution in [0.15, 0.2) is 12.5 Å². The molecule has 2 fully saturated rings. The van der Waals surface area contributed by atoms with Crippen molar-refractivity contribution >= 4 is 11.8 Å². The summed E-state index contributed by atoms with van der Waals surface area (Å²) in [4.78, 5) is 26.8.